The van der Waals surface area contributed by atoms with E-state index in [1.807, 2.05) is 0 Å². The third kappa shape index (κ3) is 30.4. The van der Waals surface area contributed by atoms with Gasteiger partial charge in [-0.3, -0.25) is 9.35 Å². The van der Waals surface area contributed by atoms with E-state index >= 15 is 0 Å². The number of carboxylic acid groups (broad SMARTS) is 1. The van der Waals surface area contributed by atoms with Crippen molar-refractivity contribution in [2.75, 3.05) is 7.05 Å². The molecular formula is C21H44NNaO5S. The fraction of sp³-hybridized carbons (Fsp3) is 0.857. The van der Waals surface area contributed by atoms with Crippen LogP contribution in [-0.4, -0.2) is 66.0 Å². The van der Waals surface area contributed by atoms with Crippen molar-refractivity contribution in [1.29, 1.82) is 0 Å². The standard InChI is InChI=1S/C18H34O2.C3H9NO3S.Na.H/c1-2-3-4-5-6-7-8-9-10-11-12-13-14-15-16-17-18(19)20;1-3(4-2)8(5,6)7;;/h9-10H,2-8,11-17H2,1H3,(H,19,20);3-4H,1-2H3,(H,5,6,7);;/b10-9-;;;. The van der Waals surface area contributed by atoms with Crippen LogP contribution in [0.2, 0.25) is 0 Å². The van der Waals surface area contributed by atoms with Crippen molar-refractivity contribution in [3.63, 3.8) is 0 Å². The molecule has 0 aliphatic heterocycles. The fourth-order valence-corrected chi connectivity index (χ4v) is 2.79. The van der Waals surface area contributed by atoms with Gasteiger partial charge in [0.05, 0.1) is 0 Å². The first kappa shape index (κ1) is 33.7. The molecule has 0 fully saturated rings. The maximum atomic E-state index is 10.3. The van der Waals surface area contributed by atoms with Crippen LogP contribution in [0.15, 0.2) is 12.2 Å². The van der Waals surface area contributed by atoms with E-state index in [9.17, 15) is 13.2 Å². The van der Waals surface area contributed by atoms with Gasteiger partial charge in [0, 0.05) is 6.42 Å². The van der Waals surface area contributed by atoms with Crippen molar-refractivity contribution in [2.24, 2.45) is 0 Å². The van der Waals surface area contributed by atoms with Gasteiger partial charge in [0.1, 0.15) is 5.37 Å². The summed E-state index contributed by atoms with van der Waals surface area (Å²) in [5.41, 5.74) is 0. The number of hydrogen-bond acceptors (Lipinski definition) is 4. The molecule has 0 aromatic heterocycles. The predicted octanol–water partition coefficient (Wildman–Crippen LogP) is 4.90. The molecule has 0 saturated carbocycles. The molecule has 0 spiro atoms. The zero-order chi connectivity index (χ0) is 21.7. The SMILES string of the molecule is CCCCCCCC/C=C\CCCCCCCC(=O)O.CNC(C)S(=O)(=O)O.[NaH]. The van der Waals surface area contributed by atoms with Gasteiger partial charge < -0.3 is 10.4 Å². The summed E-state index contributed by atoms with van der Waals surface area (Å²) in [4.78, 5) is 10.3. The van der Waals surface area contributed by atoms with Gasteiger partial charge in [0.15, 0.2) is 0 Å². The molecule has 3 N–H and O–H groups in total. The van der Waals surface area contributed by atoms with Crippen molar-refractivity contribution in [3.8, 4) is 0 Å². The average molecular weight is 446 g/mol. The summed E-state index contributed by atoms with van der Waals surface area (Å²) in [6.45, 7) is 3.62. The van der Waals surface area contributed by atoms with Gasteiger partial charge in [-0.2, -0.15) is 8.42 Å². The Morgan fingerprint density at radius 2 is 1.31 bits per heavy atom. The maximum absolute atomic E-state index is 10.3. The van der Waals surface area contributed by atoms with E-state index in [4.69, 9.17) is 9.66 Å². The fourth-order valence-electron chi connectivity index (χ4n) is 2.50. The Morgan fingerprint density at radius 1 is 0.897 bits per heavy atom. The molecule has 0 heterocycles. The van der Waals surface area contributed by atoms with Crippen LogP contribution in [0.5, 0.6) is 0 Å². The third-order valence-corrected chi connectivity index (χ3v) is 5.64. The summed E-state index contributed by atoms with van der Waals surface area (Å²) >= 11 is 0. The number of aliphatic carboxylic acids is 1. The molecule has 0 aliphatic rings. The number of allylic oxidation sites excluding steroid dienone is 2. The predicted molar refractivity (Wildman–Crippen MR) is 124 cm³/mol. The van der Waals surface area contributed by atoms with Crippen LogP contribution in [0.3, 0.4) is 0 Å². The van der Waals surface area contributed by atoms with Crippen LogP contribution in [0.25, 0.3) is 0 Å². The summed E-state index contributed by atoms with van der Waals surface area (Å²) in [5.74, 6) is -0.664. The molecule has 0 aromatic rings. The number of hydrogen-bond donors (Lipinski definition) is 3. The molecule has 6 nitrogen and oxygen atoms in total. The average Bonchev–Trinajstić information content (AvgIpc) is 2.63. The monoisotopic (exact) mass is 445 g/mol. The number of carbonyl (C=O) groups is 1. The van der Waals surface area contributed by atoms with E-state index in [1.54, 1.807) is 0 Å². The molecule has 0 rings (SSSR count). The Bertz CT molecular complexity index is 483. The second-order valence-corrected chi connectivity index (χ2v) is 8.91. The molecule has 0 aromatic carbocycles. The quantitative estimate of drug-likeness (QED) is 0.127. The van der Waals surface area contributed by atoms with Crippen LogP contribution in [0, 0.1) is 0 Å². The second kappa shape index (κ2) is 24.4. The number of nitrogens with one attached hydrogen (secondary N) is 1. The summed E-state index contributed by atoms with van der Waals surface area (Å²) in [5, 5.41) is 10.0. The summed E-state index contributed by atoms with van der Waals surface area (Å²) < 4.78 is 28.3. The Balaban J connectivity index is -0.000000636. The van der Waals surface area contributed by atoms with Crippen molar-refractivity contribution < 1.29 is 22.9 Å². The van der Waals surface area contributed by atoms with Crippen LogP contribution >= 0.6 is 0 Å². The van der Waals surface area contributed by atoms with Gasteiger partial charge >= 0.3 is 35.5 Å². The molecule has 1 atom stereocenters. The first-order valence-electron chi connectivity index (χ1n) is 10.8. The number of rotatable bonds is 17. The van der Waals surface area contributed by atoms with Crippen molar-refractivity contribution >= 4 is 45.6 Å². The van der Waals surface area contributed by atoms with E-state index in [1.165, 1.54) is 84.6 Å². The first-order valence-corrected chi connectivity index (χ1v) is 12.3. The summed E-state index contributed by atoms with van der Waals surface area (Å²) in [6.07, 6.45) is 21.2. The molecule has 0 bridgehead atoms. The van der Waals surface area contributed by atoms with Crippen molar-refractivity contribution in [2.45, 2.75) is 109 Å². The van der Waals surface area contributed by atoms with E-state index in [0.717, 1.165) is 12.8 Å². The van der Waals surface area contributed by atoms with Crippen LogP contribution in [-0.2, 0) is 14.9 Å². The minimum absolute atomic E-state index is 0. The summed E-state index contributed by atoms with van der Waals surface area (Å²) in [7, 11) is -2.41. The third-order valence-electron chi connectivity index (χ3n) is 4.51. The van der Waals surface area contributed by atoms with Crippen molar-refractivity contribution in [1.82, 2.24) is 5.32 Å². The van der Waals surface area contributed by atoms with Gasteiger partial charge in [-0.15, -0.1) is 0 Å². The second-order valence-electron chi connectivity index (χ2n) is 7.17. The molecule has 0 radical (unpaired) electrons. The molecule has 29 heavy (non-hydrogen) atoms. The zero-order valence-electron chi connectivity index (χ0n) is 18.2. The van der Waals surface area contributed by atoms with Crippen molar-refractivity contribution in [3.05, 3.63) is 12.2 Å². The Morgan fingerprint density at radius 3 is 1.66 bits per heavy atom. The number of carboxylic acids is 1. The normalized spacial score (nSPS) is 12.1. The molecule has 0 aliphatic carbocycles. The van der Waals surface area contributed by atoms with Crippen LogP contribution in [0.4, 0.5) is 0 Å². The molecular weight excluding hydrogens is 401 g/mol. The molecule has 0 amide bonds. The van der Waals surface area contributed by atoms with E-state index in [-0.39, 0.29) is 29.6 Å². The minimum atomic E-state index is -3.86. The van der Waals surface area contributed by atoms with Crippen LogP contribution in [0.1, 0.15) is 104 Å². The van der Waals surface area contributed by atoms with Gasteiger partial charge in [-0.05, 0) is 46.1 Å². The number of unbranched alkanes of at least 4 members (excludes halogenated alkanes) is 11. The Labute approximate surface area is 201 Å². The summed E-state index contributed by atoms with van der Waals surface area (Å²) in [6, 6.07) is 0. The Kier molecular flexibility index (Phi) is 28.3. The molecule has 1 unspecified atom stereocenters. The Hall–Kier alpha value is 0.0800. The van der Waals surface area contributed by atoms with Crippen LogP contribution < -0.4 is 5.32 Å². The van der Waals surface area contributed by atoms with Gasteiger partial charge in [-0.25, -0.2) is 0 Å². The van der Waals surface area contributed by atoms with Gasteiger partial charge in [0.25, 0.3) is 10.1 Å². The zero-order valence-corrected chi connectivity index (χ0v) is 19.0. The van der Waals surface area contributed by atoms with E-state index < -0.39 is 21.5 Å². The van der Waals surface area contributed by atoms with E-state index in [0.29, 0.717) is 6.42 Å². The molecule has 0 saturated heterocycles. The topological polar surface area (TPSA) is 104 Å². The van der Waals surface area contributed by atoms with Gasteiger partial charge in [-0.1, -0.05) is 70.4 Å². The van der Waals surface area contributed by atoms with E-state index in [2.05, 4.69) is 24.4 Å². The first-order chi connectivity index (χ1) is 13.3. The molecule has 170 valence electrons. The molecule has 8 heteroatoms. The van der Waals surface area contributed by atoms with Gasteiger partial charge in [0.2, 0.25) is 0 Å².